The number of Topliss-reactive ketones (excluding diaryl/α,β-unsaturated/α-hetero) is 1. The lowest BCUT2D eigenvalue weighted by atomic mass is 10.1. The Kier molecular flexibility index (Phi) is 2.30. The highest BCUT2D eigenvalue weighted by molar-refractivity contribution is 5.77. The highest BCUT2D eigenvalue weighted by Gasteiger charge is 2.31. The van der Waals surface area contributed by atoms with E-state index < -0.39 is 5.60 Å². The van der Waals surface area contributed by atoms with Crippen LogP contribution in [0.1, 0.15) is 20.3 Å². The molecule has 0 aromatic heterocycles. The third kappa shape index (κ3) is 2.60. The van der Waals surface area contributed by atoms with Crippen molar-refractivity contribution >= 4 is 5.78 Å². The van der Waals surface area contributed by atoms with Gasteiger partial charge in [-0.25, -0.2) is 0 Å². The molecule has 1 aliphatic rings. The summed E-state index contributed by atoms with van der Waals surface area (Å²) in [7, 11) is 0. The van der Waals surface area contributed by atoms with E-state index in [9.17, 15) is 9.90 Å². The van der Waals surface area contributed by atoms with Gasteiger partial charge in [-0.1, -0.05) is 0 Å². The first-order chi connectivity index (χ1) is 4.99. The molecule has 1 rings (SSSR count). The molecular weight excluding hydrogens is 142 g/mol. The number of rotatable bonds is 2. The first kappa shape index (κ1) is 8.68. The molecule has 3 nitrogen and oxygen atoms in total. The molecule has 0 bridgehead atoms. The number of ketones is 1. The zero-order chi connectivity index (χ0) is 8.48. The van der Waals surface area contributed by atoms with E-state index in [1.165, 1.54) is 0 Å². The van der Waals surface area contributed by atoms with Crippen LogP contribution in [0.4, 0.5) is 0 Å². The standard InChI is InChI=1S/C8H15NO2/c1-7(10)5-9-4-3-8(2,11)6-9/h11H,3-6H2,1-2H3. The monoisotopic (exact) mass is 157 g/mol. The van der Waals surface area contributed by atoms with E-state index in [2.05, 4.69) is 0 Å². The Morgan fingerprint density at radius 3 is 2.73 bits per heavy atom. The first-order valence-corrected chi connectivity index (χ1v) is 3.94. The number of aliphatic hydroxyl groups is 1. The minimum atomic E-state index is -0.574. The number of likely N-dealkylation sites (tertiary alicyclic amines) is 1. The molecule has 0 spiro atoms. The molecule has 0 aliphatic carbocycles. The minimum Gasteiger partial charge on any atom is -0.389 e. The molecule has 1 aliphatic heterocycles. The van der Waals surface area contributed by atoms with Crippen molar-refractivity contribution in [2.24, 2.45) is 0 Å². The van der Waals surface area contributed by atoms with Crippen molar-refractivity contribution in [2.75, 3.05) is 19.6 Å². The zero-order valence-electron chi connectivity index (χ0n) is 7.13. The fourth-order valence-electron chi connectivity index (χ4n) is 1.49. The minimum absolute atomic E-state index is 0.169. The second-order valence-electron chi connectivity index (χ2n) is 3.66. The first-order valence-electron chi connectivity index (χ1n) is 3.94. The van der Waals surface area contributed by atoms with Gasteiger partial charge in [-0.15, -0.1) is 0 Å². The number of carbonyl (C=O) groups excluding carboxylic acids is 1. The number of hydrogen-bond donors (Lipinski definition) is 1. The number of nitrogens with zero attached hydrogens (tertiary/aromatic N) is 1. The van der Waals surface area contributed by atoms with Crippen LogP contribution < -0.4 is 0 Å². The molecular formula is C8H15NO2. The molecule has 1 heterocycles. The molecule has 0 amide bonds. The van der Waals surface area contributed by atoms with Crippen LogP contribution in [0.3, 0.4) is 0 Å². The third-order valence-electron chi connectivity index (χ3n) is 1.98. The Hall–Kier alpha value is -0.410. The lowest BCUT2D eigenvalue weighted by Crippen LogP contribution is -2.32. The maximum atomic E-state index is 10.7. The summed E-state index contributed by atoms with van der Waals surface area (Å²) >= 11 is 0. The van der Waals surface area contributed by atoms with Gasteiger partial charge in [-0.05, 0) is 20.3 Å². The van der Waals surface area contributed by atoms with Crippen molar-refractivity contribution in [1.82, 2.24) is 4.90 Å². The molecule has 3 heteroatoms. The summed E-state index contributed by atoms with van der Waals surface area (Å²) in [5.74, 6) is 0.169. The molecule has 0 aromatic carbocycles. The van der Waals surface area contributed by atoms with Gasteiger partial charge in [0.25, 0.3) is 0 Å². The maximum absolute atomic E-state index is 10.7. The quantitative estimate of drug-likeness (QED) is 0.615. The predicted octanol–water partition coefficient (Wildman–Crippen LogP) is 0.0321. The van der Waals surface area contributed by atoms with Crippen LogP contribution in [0.5, 0.6) is 0 Å². The zero-order valence-corrected chi connectivity index (χ0v) is 7.13. The third-order valence-corrected chi connectivity index (χ3v) is 1.98. The van der Waals surface area contributed by atoms with Crippen LogP contribution in [-0.4, -0.2) is 41.0 Å². The van der Waals surface area contributed by atoms with Crippen LogP contribution in [0, 0.1) is 0 Å². The fraction of sp³-hybridized carbons (Fsp3) is 0.875. The summed E-state index contributed by atoms with van der Waals surface area (Å²) < 4.78 is 0. The Labute approximate surface area is 67.0 Å². The Morgan fingerprint density at radius 1 is 1.73 bits per heavy atom. The predicted molar refractivity (Wildman–Crippen MR) is 42.4 cm³/mol. The van der Waals surface area contributed by atoms with E-state index in [-0.39, 0.29) is 5.78 Å². The summed E-state index contributed by atoms with van der Waals surface area (Å²) in [5, 5.41) is 9.52. The van der Waals surface area contributed by atoms with E-state index in [1.54, 1.807) is 6.92 Å². The van der Waals surface area contributed by atoms with Gasteiger partial charge in [0, 0.05) is 13.1 Å². The van der Waals surface area contributed by atoms with Crippen LogP contribution in [0.2, 0.25) is 0 Å². The number of hydrogen-bond acceptors (Lipinski definition) is 3. The lowest BCUT2D eigenvalue weighted by molar-refractivity contribution is -0.118. The van der Waals surface area contributed by atoms with Gasteiger partial charge in [0.05, 0.1) is 12.1 Å². The molecule has 64 valence electrons. The van der Waals surface area contributed by atoms with Gasteiger partial charge in [-0.3, -0.25) is 9.69 Å². The van der Waals surface area contributed by atoms with Crippen molar-refractivity contribution < 1.29 is 9.90 Å². The summed E-state index contributed by atoms with van der Waals surface area (Å²) in [5.41, 5.74) is -0.574. The summed E-state index contributed by atoms with van der Waals surface area (Å²) in [6, 6.07) is 0. The Morgan fingerprint density at radius 2 is 2.36 bits per heavy atom. The average molecular weight is 157 g/mol. The van der Waals surface area contributed by atoms with E-state index >= 15 is 0 Å². The molecule has 1 saturated heterocycles. The summed E-state index contributed by atoms with van der Waals surface area (Å²) in [6.45, 7) is 5.34. The number of carbonyl (C=O) groups is 1. The van der Waals surface area contributed by atoms with Crippen LogP contribution in [0.15, 0.2) is 0 Å². The van der Waals surface area contributed by atoms with Gasteiger partial charge in [0.2, 0.25) is 0 Å². The van der Waals surface area contributed by atoms with Gasteiger partial charge in [0.15, 0.2) is 0 Å². The normalized spacial score (nSPS) is 32.6. The SMILES string of the molecule is CC(=O)CN1CCC(C)(O)C1. The lowest BCUT2D eigenvalue weighted by Gasteiger charge is -2.17. The molecule has 1 N–H and O–H groups in total. The summed E-state index contributed by atoms with van der Waals surface area (Å²) in [4.78, 5) is 12.7. The smallest absolute Gasteiger partial charge is 0.143 e. The van der Waals surface area contributed by atoms with Crippen molar-refractivity contribution in [3.8, 4) is 0 Å². The van der Waals surface area contributed by atoms with E-state index in [0.717, 1.165) is 13.0 Å². The molecule has 1 fully saturated rings. The van der Waals surface area contributed by atoms with Crippen LogP contribution in [-0.2, 0) is 4.79 Å². The summed E-state index contributed by atoms with van der Waals surface area (Å²) in [6.07, 6.45) is 0.778. The van der Waals surface area contributed by atoms with Gasteiger partial charge in [-0.2, -0.15) is 0 Å². The maximum Gasteiger partial charge on any atom is 0.143 e. The second kappa shape index (κ2) is 2.91. The fourth-order valence-corrected chi connectivity index (χ4v) is 1.49. The Bertz CT molecular complexity index is 165. The highest BCUT2D eigenvalue weighted by atomic mass is 16.3. The molecule has 0 saturated carbocycles. The molecule has 0 radical (unpaired) electrons. The van der Waals surface area contributed by atoms with E-state index in [1.807, 2.05) is 11.8 Å². The van der Waals surface area contributed by atoms with Crippen LogP contribution >= 0.6 is 0 Å². The van der Waals surface area contributed by atoms with Gasteiger partial charge >= 0.3 is 0 Å². The van der Waals surface area contributed by atoms with Crippen molar-refractivity contribution in [3.05, 3.63) is 0 Å². The molecule has 1 atom stereocenters. The molecule has 1 unspecified atom stereocenters. The van der Waals surface area contributed by atoms with Crippen LogP contribution in [0.25, 0.3) is 0 Å². The van der Waals surface area contributed by atoms with Crippen molar-refractivity contribution in [3.63, 3.8) is 0 Å². The van der Waals surface area contributed by atoms with Crippen molar-refractivity contribution in [1.29, 1.82) is 0 Å². The Balaban J connectivity index is 2.36. The van der Waals surface area contributed by atoms with Crippen molar-refractivity contribution in [2.45, 2.75) is 25.9 Å². The van der Waals surface area contributed by atoms with Gasteiger partial charge < -0.3 is 5.11 Å². The van der Waals surface area contributed by atoms with E-state index in [4.69, 9.17) is 0 Å². The number of β-amino-alcohol motifs (C(OH)–C–C–N with tert-alkyl or cyclic N) is 1. The van der Waals surface area contributed by atoms with E-state index in [0.29, 0.717) is 13.1 Å². The molecule has 0 aromatic rings. The highest BCUT2D eigenvalue weighted by Crippen LogP contribution is 2.19. The second-order valence-corrected chi connectivity index (χ2v) is 3.66. The van der Waals surface area contributed by atoms with Gasteiger partial charge in [0.1, 0.15) is 5.78 Å². The largest absolute Gasteiger partial charge is 0.389 e. The topological polar surface area (TPSA) is 40.5 Å². The average Bonchev–Trinajstić information content (AvgIpc) is 2.08. The molecule has 11 heavy (non-hydrogen) atoms.